The highest BCUT2D eigenvalue weighted by molar-refractivity contribution is 5.69. The van der Waals surface area contributed by atoms with Crippen molar-refractivity contribution in [1.82, 2.24) is 4.90 Å². The van der Waals surface area contributed by atoms with E-state index < -0.39 is 0 Å². The quantitative estimate of drug-likeness (QED) is 0.716. The standard InChI is InChI=1S/C16H23NO3/c1-19-16(18)9-10-17(13-15-8-5-11-20-15)12-14-6-3-2-4-7-14/h2-4,6-7,15H,5,8-13H2,1H3. The van der Waals surface area contributed by atoms with Crippen LogP contribution in [0.4, 0.5) is 0 Å². The van der Waals surface area contributed by atoms with Gasteiger partial charge in [-0.3, -0.25) is 9.69 Å². The normalized spacial score (nSPS) is 18.4. The minimum Gasteiger partial charge on any atom is -0.469 e. The summed E-state index contributed by atoms with van der Waals surface area (Å²) in [5.41, 5.74) is 1.26. The molecule has 0 saturated carbocycles. The van der Waals surface area contributed by atoms with Crippen molar-refractivity contribution in [2.75, 3.05) is 26.8 Å². The van der Waals surface area contributed by atoms with Gasteiger partial charge in [0.15, 0.2) is 0 Å². The lowest BCUT2D eigenvalue weighted by molar-refractivity contribution is -0.141. The Morgan fingerprint density at radius 3 is 2.85 bits per heavy atom. The maximum Gasteiger partial charge on any atom is 0.306 e. The van der Waals surface area contributed by atoms with Gasteiger partial charge in [-0.15, -0.1) is 0 Å². The predicted octanol–water partition coefficient (Wildman–Crippen LogP) is 2.23. The molecule has 1 heterocycles. The van der Waals surface area contributed by atoms with Crippen LogP contribution in [0.25, 0.3) is 0 Å². The Hall–Kier alpha value is -1.39. The van der Waals surface area contributed by atoms with Crippen molar-refractivity contribution in [2.24, 2.45) is 0 Å². The van der Waals surface area contributed by atoms with Gasteiger partial charge >= 0.3 is 5.97 Å². The van der Waals surface area contributed by atoms with Crippen molar-refractivity contribution in [3.05, 3.63) is 35.9 Å². The van der Waals surface area contributed by atoms with Crippen LogP contribution >= 0.6 is 0 Å². The fourth-order valence-corrected chi connectivity index (χ4v) is 2.50. The molecule has 1 aromatic carbocycles. The molecule has 0 spiro atoms. The van der Waals surface area contributed by atoms with Gasteiger partial charge in [0.1, 0.15) is 0 Å². The highest BCUT2D eigenvalue weighted by Gasteiger charge is 2.20. The highest BCUT2D eigenvalue weighted by atomic mass is 16.5. The molecule has 1 aliphatic heterocycles. The van der Waals surface area contributed by atoms with Gasteiger partial charge in [0.2, 0.25) is 0 Å². The molecule has 1 aliphatic rings. The van der Waals surface area contributed by atoms with Gasteiger partial charge < -0.3 is 9.47 Å². The van der Waals surface area contributed by atoms with Gasteiger partial charge in [0.25, 0.3) is 0 Å². The van der Waals surface area contributed by atoms with Gasteiger partial charge in [0, 0.05) is 26.2 Å². The molecule has 2 rings (SSSR count). The topological polar surface area (TPSA) is 38.8 Å². The first kappa shape index (κ1) is 15.0. The summed E-state index contributed by atoms with van der Waals surface area (Å²) in [6.45, 7) is 3.30. The molecule has 0 amide bonds. The number of hydrogen-bond donors (Lipinski definition) is 0. The Morgan fingerprint density at radius 2 is 2.20 bits per heavy atom. The zero-order valence-corrected chi connectivity index (χ0v) is 12.1. The summed E-state index contributed by atoms with van der Waals surface area (Å²) in [5.74, 6) is -0.157. The molecule has 0 aromatic heterocycles. The molecule has 0 N–H and O–H groups in total. The third-order valence-corrected chi connectivity index (χ3v) is 3.59. The number of methoxy groups -OCH3 is 1. The molecular weight excluding hydrogens is 254 g/mol. The Bertz CT molecular complexity index is 401. The zero-order chi connectivity index (χ0) is 14.2. The van der Waals surface area contributed by atoms with E-state index in [0.717, 1.165) is 32.5 Å². The van der Waals surface area contributed by atoms with Crippen LogP contribution in [-0.2, 0) is 20.8 Å². The Morgan fingerprint density at radius 1 is 1.40 bits per heavy atom. The fourth-order valence-electron chi connectivity index (χ4n) is 2.50. The number of rotatable bonds is 7. The molecule has 1 atom stereocenters. The molecule has 1 unspecified atom stereocenters. The van der Waals surface area contributed by atoms with Gasteiger partial charge in [-0.1, -0.05) is 30.3 Å². The Kier molecular flexibility index (Phi) is 6.02. The van der Waals surface area contributed by atoms with Crippen LogP contribution < -0.4 is 0 Å². The van der Waals surface area contributed by atoms with Crippen LogP contribution in [-0.4, -0.2) is 43.8 Å². The minimum absolute atomic E-state index is 0.157. The molecule has 1 aromatic rings. The molecule has 0 bridgehead atoms. The molecule has 4 heteroatoms. The summed E-state index contributed by atoms with van der Waals surface area (Å²) in [4.78, 5) is 13.6. The molecule has 0 aliphatic carbocycles. The number of carbonyl (C=O) groups is 1. The van der Waals surface area contributed by atoms with E-state index in [-0.39, 0.29) is 5.97 Å². The van der Waals surface area contributed by atoms with Crippen LogP contribution in [0.1, 0.15) is 24.8 Å². The monoisotopic (exact) mass is 277 g/mol. The highest BCUT2D eigenvalue weighted by Crippen LogP contribution is 2.15. The number of nitrogens with zero attached hydrogens (tertiary/aromatic N) is 1. The van der Waals surface area contributed by atoms with Crippen molar-refractivity contribution in [3.8, 4) is 0 Å². The summed E-state index contributed by atoms with van der Waals surface area (Å²) in [6, 6.07) is 10.3. The fraction of sp³-hybridized carbons (Fsp3) is 0.562. The molecule has 1 fully saturated rings. The van der Waals surface area contributed by atoms with E-state index in [0.29, 0.717) is 19.1 Å². The van der Waals surface area contributed by atoms with Crippen LogP contribution in [0.2, 0.25) is 0 Å². The number of benzene rings is 1. The molecule has 20 heavy (non-hydrogen) atoms. The lowest BCUT2D eigenvalue weighted by Gasteiger charge is -2.24. The molecule has 0 radical (unpaired) electrons. The Balaban J connectivity index is 1.89. The van der Waals surface area contributed by atoms with E-state index >= 15 is 0 Å². The second kappa shape index (κ2) is 8.02. The van der Waals surface area contributed by atoms with Crippen molar-refractivity contribution < 1.29 is 14.3 Å². The summed E-state index contributed by atoms with van der Waals surface area (Å²) >= 11 is 0. The maximum absolute atomic E-state index is 11.3. The zero-order valence-electron chi connectivity index (χ0n) is 12.1. The van der Waals surface area contributed by atoms with Gasteiger partial charge in [-0.25, -0.2) is 0 Å². The molecule has 4 nitrogen and oxygen atoms in total. The third kappa shape index (κ3) is 4.94. The summed E-state index contributed by atoms with van der Waals surface area (Å²) in [7, 11) is 1.43. The average molecular weight is 277 g/mol. The van der Waals surface area contributed by atoms with Gasteiger partial charge in [-0.2, -0.15) is 0 Å². The van der Waals surface area contributed by atoms with Crippen molar-refractivity contribution in [2.45, 2.75) is 31.9 Å². The molecule has 110 valence electrons. The average Bonchev–Trinajstić information content (AvgIpc) is 2.98. The second-order valence-corrected chi connectivity index (χ2v) is 5.18. The number of esters is 1. The Labute approximate surface area is 120 Å². The first-order chi connectivity index (χ1) is 9.78. The van der Waals surface area contributed by atoms with Crippen molar-refractivity contribution in [1.29, 1.82) is 0 Å². The van der Waals surface area contributed by atoms with Crippen LogP contribution in [0.3, 0.4) is 0 Å². The van der Waals surface area contributed by atoms with Crippen LogP contribution in [0.15, 0.2) is 30.3 Å². The summed E-state index contributed by atoms with van der Waals surface area (Å²) < 4.78 is 10.4. The van der Waals surface area contributed by atoms with Crippen molar-refractivity contribution in [3.63, 3.8) is 0 Å². The van der Waals surface area contributed by atoms with E-state index in [1.807, 2.05) is 18.2 Å². The van der Waals surface area contributed by atoms with E-state index in [4.69, 9.17) is 9.47 Å². The van der Waals surface area contributed by atoms with Crippen molar-refractivity contribution >= 4 is 5.97 Å². The smallest absolute Gasteiger partial charge is 0.306 e. The summed E-state index contributed by atoms with van der Waals surface area (Å²) in [5, 5.41) is 0. The van der Waals surface area contributed by atoms with E-state index in [1.165, 1.54) is 12.7 Å². The predicted molar refractivity (Wildman–Crippen MR) is 77.3 cm³/mol. The van der Waals surface area contributed by atoms with Crippen LogP contribution in [0, 0.1) is 0 Å². The van der Waals surface area contributed by atoms with E-state index in [9.17, 15) is 4.79 Å². The second-order valence-electron chi connectivity index (χ2n) is 5.18. The summed E-state index contributed by atoms with van der Waals surface area (Å²) in [6.07, 6.45) is 2.98. The van der Waals surface area contributed by atoms with Crippen LogP contribution in [0.5, 0.6) is 0 Å². The first-order valence-electron chi connectivity index (χ1n) is 7.22. The number of ether oxygens (including phenoxy) is 2. The number of hydrogen-bond acceptors (Lipinski definition) is 4. The van der Waals surface area contributed by atoms with E-state index in [2.05, 4.69) is 17.0 Å². The minimum atomic E-state index is -0.157. The molecule has 1 saturated heterocycles. The third-order valence-electron chi connectivity index (χ3n) is 3.59. The maximum atomic E-state index is 11.3. The van der Waals surface area contributed by atoms with Gasteiger partial charge in [-0.05, 0) is 18.4 Å². The van der Waals surface area contributed by atoms with E-state index in [1.54, 1.807) is 0 Å². The largest absolute Gasteiger partial charge is 0.469 e. The molecular formula is C16H23NO3. The SMILES string of the molecule is COC(=O)CCN(Cc1ccccc1)CC1CCCO1. The van der Waals surface area contributed by atoms with Gasteiger partial charge in [0.05, 0.1) is 19.6 Å². The first-order valence-corrected chi connectivity index (χ1v) is 7.22. The lowest BCUT2D eigenvalue weighted by atomic mass is 10.1. The number of carbonyl (C=O) groups excluding carboxylic acids is 1. The lowest BCUT2D eigenvalue weighted by Crippen LogP contribution is -2.33.